The molecule has 0 unspecified atom stereocenters. The van der Waals surface area contributed by atoms with Gasteiger partial charge in [0.05, 0.1) is 10.9 Å². The third-order valence-corrected chi connectivity index (χ3v) is 8.25. The number of nitrogens with one attached hydrogen (secondary N) is 2. The van der Waals surface area contributed by atoms with Gasteiger partial charge in [-0.05, 0) is 90.9 Å². The second kappa shape index (κ2) is 7.81. The lowest BCUT2D eigenvalue weighted by Gasteiger charge is -2.37. The Morgan fingerprint density at radius 2 is 1.74 bits per heavy atom. The van der Waals surface area contributed by atoms with E-state index in [1.165, 1.54) is 0 Å². The first-order chi connectivity index (χ1) is 16.4. The maximum atomic E-state index is 13.2. The molecule has 2 heterocycles. The Morgan fingerprint density at radius 1 is 0.941 bits per heavy atom. The van der Waals surface area contributed by atoms with Crippen LogP contribution in [0.15, 0.2) is 71.6 Å². The number of hydrogen-bond acceptors (Lipinski definition) is 5. The number of ether oxygens (including phenoxy) is 2. The summed E-state index contributed by atoms with van der Waals surface area (Å²) in [6.07, 6.45) is 5.33. The summed E-state index contributed by atoms with van der Waals surface area (Å²) in [5.74, 6) is 1.97. The van der Waals surface area contributed by atoms with E-state index in [0.29, 0.717) is 11.6 Å². The average molecular weight is 475 g/mol. The average Bonchev–Trinajstić information content (AvgIpc) is 3.46. The third-order valence-electron chi connectivity index (χ3n) is 6.87. The van der Waals surface area contributed by atoms with E-state index in [-0.39, 0.29) is 23.6 Å². The van der Waals surface area contributed by atoms with E-state index in [1.54, 1.807) is 6.07 Å². The van der Waals surface area contributed by atoms with E-state index in [0.717, 1.165) is 45.9 Å². The monoisotopic (exact) mass is 474 g/mol. The molecule has 2 N–H and O–H groups in total. The molecule has 0 aromatic heterocycles. The van der Waals surface area contributed by atoms with Crippen molar-refractivity contribution in [1.82, 2.24) is 0 Å². The van der Waals surface area contributed by atoms with Gasteiger partial charge in [-0.3, -0.25) is 4.72 Å². The van der Waals surface area contributed by atoms with E-state index in [1.807, 2.05) is 56.3 Å². The first-order valence-corrected chi connectivity index (χ1v) is 12.9. The van der Waals surface area contributed by atoms with Crippen LogP contribution in [-0.2, 0) is 10.0 Å². The zero-order valence-corrected chi connectivity index (χ0v) is 19.9. The van der Waals surface area contributed by atoms with Gasteiger partial charge in [-0.2, -0.15) is 0 Å². The van der Waals surface area contributed by atoms with E-state index < -0.39 is 10.0 Å². The molecular formula is C27H26N2O4S. The SMILES string of the molecule is Cc1cc(C)cc(NS(=O)(=O)c2ccc3c(c2)[C@H]2C=CC[C@H]2[C@@H](c2ccc4c(c2)OCO4)N3)c1. The van der Waals surface area contributed by atoms with Crippen molar-refractivity contribution in [2.45, 2.75) is 37.1 Å². The summed E-state index contributed by atoms with van der Waals surface area (Å²) in [6, 6.07) is 17.3. The number of sulfonamides is 1. The van der Waals surface area contributed by atoms with Crippen molar-refractivity contribution in [3.63, 3.8) is 0 Å². The highest BCUT2D eigenvalue weighted by Crippen LogP contribution is 2.51. The summed E-state index contributed by atoms with van der Waals surface area (Å²) in [5, 5.41) is 3.67. The predicted octanol–water partition coefficient (Wildman–Crippen LogP) is 5.66. The molecule has 0 radical (unpaired) electrons. The molecule has 0 spiro atoms. The van der Waals surface area contributed by atoms with Gasteiger partial charge in [0.15, 0.2) is 11.5 Å². The minimum Gasteiger partial charge on any atom is -0.454 e. The van der Waals surface area contributed by atoms with Gasteiger partial charge in [-0.25, -0.2) is 8.42 Å². The molecule has 34 heavy (non-hydrogen) atoms. The summed E-state index contributed by atoms with van der Waals surface area (Å²) in [6.45, 7) is 4.16. The quantitative estimate of drug-likeness (QED) is 0.477. The zero-order valence-electron chi connectivity index (χ0n) is 19.0. The largest absolute Gasteiger partial charge is 0.454 e. The van der Waals surface area contributed by atoms with Crippen LogP contribution in [0.3, 0.4) is 0 Å². The van der Waals surface area contributed by atoms with Gasteiger partial charge < -0.3 is 14.8 Å². The Kier molecular flexibility index (Phi) is 4.85. The van der Waals surface area contributed by atoms with Crippen LogP contribution in [0, 0.1) is 19.8 Å². The van der Waals surface area contributed by atoms with E-state index in [9.17, 15) is 8.42 Å². The first kappa shape index (κ1) is 21.1. The lowest BCUT2D eigenvalue weighted by Crippen LogP contribution is -2.29. The van der Waals surface area contributed by atoms with Gasteiger partial charge >= 0.3 is 0 Å². The number of aryl methyl sites for hydroxylation is 2. The van der Waals surface area contributed by atoms with E-state index >= 15 is 0 Å². The highest BCUT2D eigenvalue weighted by atomic mass is 32.2. The topological polar surface area (TPSA) is 76.7 Å². The predicted molar refractivity (Wildman–Crippen MR) is 132 cm³/mol. The molecule has 6 nitrogen and oxygen atoms in total. The van der Waals surface area contributed by atoms with Gasteiger partial charge in [0.1, 0.15) is 0 Å². The fraction of sp³-hybridized carbons (Fsp3) is 0.259. The molecule has 0 saturated heterocycles. The molecule has 0 amide bonds. The molecule has 0 saturated carbocycles. The van der Waals surface area contributed by atoms with Gasteiger partial charge in [-0.1, -0.05) is 24.3 Å². The van der Waals surface area contributed by atoms with Crippen molar-refractivity contribution in [3.05, 3.63) is 89.0 Å². The minimum absolute atomic E-state index is 0.0952. The lowest BCUT2D eigenvalue weighted by atomic mass is 9.77. The number of benzene rings is 3. The van der Waals surface area contributed by atoms with Crippen LogP contribution in [0.25, 0.3) is 0 Å². The number of anilines is 2. The van der Waals surface area contributed by atoms with Crippen LogP contribution in [0.1, 0.15) is 40.6 Å². The van der Waals surface area contributed by atoms with Crippen LogP contribution in [0.2, 0.25) is 0 Å². The second-order valence-electron chi connectivity index (χ2n) is 9.32. The molecule has 3 aromatic carbocycles. The van der Waals surface area contributed by atoms with Crippen LogP contribution < -0.4 is 19.5 Å². The van der Waals surface area contributed by atoms with Crippen molar-refractivity contribution in [2.75, 3.05) is 16.8 Å². The van der Waals surface area contributed by atoms with Crippen LogP contribution in [0.5, 0.6) is 11.5 Å². The fourth-order valence-corrected chi connectivity index (χ4v) is 6.50. The Labute approximate surface area is 199 Å². The Bertz CT molecular complexity index is 1410. The Morgan fingerprint density at radius 3 is 2.56 bits per heavy atom. The smallest absolute Gasteiger partial charge is 0.261 e. The number of fused-ring (bicyclic) bond motifs is 4. The Balaban J connectivity index is 1.33. The number of rotatable bonds is 4. The van der Waals surface area contributed by atoms with Crippen molar-refractivity contribution >= 4 is 21.4 Å². The molecular weight excluding hydrogens is 448 g/mol. The summed E-state index contributed by atoms with van der Waals surface area (Å²) in [5.41, 5.74) is 5.72. The van der Waals surface area contributed by atoms with E-state index in [2.05, 4.69) is 28.3 Å². The molecule has 174 valence electrons. The molecule has 1 aliphatic carbocycles. The summed E-state index contributed by atoms with van der Waals surface area (Å²) < 4.78 is 40.2. The van der Waals surface area contributed by atoms with Crippen LogP contribution in [-0.4, -0.2) is 15.2 Å². The molecule has 7 heteroatoms. The lowest BCUT2D eigenvalue weighted by molar-refractivity contribution is 0.174. The van der Waals surface area contributed by atoms with Gasteiger partial charge in [0, 0.05) is 17.3 Å². The molecule has 2 aliphatic heterocycles. The summed E-state index contributed by atoms with van der Waals surface area (Å²) >= 11 is 0. The summed E-state index contributed by atoms with van der Waals surface area (Å²) in [7, 11) is -3.71. The van der Waals surface area contributed by atoms with Crippen molar-refractivity contribution in [3.8, 4) is 11.5 Å². The minimum atomic E-state index is -3.71. The van der Waals surface area contributed by atoms with Crippen molar-refractivity contribution < 1.29 is 17.9 Å². The molecule has 3 atom stereocenters. The number of hydrogen-bond donors (Lipinski definition) is 2. The highest BCUT2D eigenvalue weighted by Gasteiger charge is 2.39. The van der Waals surface area contributed by atoms with Gasteiger partial charge in [0.2, 0.25) is 6.79 Å². The van der Waals surface area contributed by atoms with E-state index in [4.69, 9.17) is 9.47 Å². The Hall–Kier alpha value is -3.45. The first-order valence-electron chi connectivity index (χ1n) is 11.5. The maximum Gasteiger partial charge on any atom is 0.261 e. The molecule has 3 aromatic rings. The van der Waals surface area contributed by atoms with Crippen LogP contribution >= 0.6 is 0 Å². The normalized spacial score (nSPS) is 22.1. The number of allylic oxidation sites excluding steroid dienone is 2. The van der Waals surface area contributed by atoms with Crippen LogP contribution in [0.4, 0.5) is 11.4 Å². The fourth-order valence-electron chi connectivity index (χ4n) is 5.42. The maximum absolute atomic E-state index is 13.2. The third kappa shape index (κ3) is 3.60. The van der Waals surface area contributed by atoms with Crippen molar-refractivity contribution in [2.24, 2.45) is 5.92 Å². The van der Waals surface area contributed by atoms with Crippen molar-refractivity contribution in [1.29, 1.82) is 0 Å². The highest BCUT2D eigenvalue weighted by molar-refractivity contribution is 7.92. The molecule has 6 rings (SSSR count). The molecule has 0 fully saturated rings. The van der Waals surface area contributed by atoms with Gasteiger partial charge in [0.25, 0.3) is 10.0 Å². The molecule has 3 aliphatic rings. The zero-order chi connectivity index (χ0) is 23.4. The molecule has 0 bridgehead atoms. The van der Waals surface area contributed by atoms with Gasteiger partial charge in [-0.15, -0.1) is 0 Å². The standard InChI is InChI=1S/C27H26N2O4S/c1-16-10-17(2)12-19(11-16)29-34(30,31)20-7-8-24-23(14-20)21-4-3-5-22(21)27(28-24)18-6-9-25-26(13-18)33-15-32-25/h3-4,6-14,21-22,27-29H,5,15H2,1-2H3/t21-,22+,27+/m0/s1. The summed E-state index contributed by atoms with van der Waals surface area (Å²) in [4.78, 5) is 0.271. The second-order valence-corrected chi connectivity index (χ2v) is 11.0.